The lowest BCUT2D eigenvalue weighted by Gasteiger charge is -2.26. The van der Waals surface area contributed by atoms with E-state index in [0.29, 0.717) is 55.4 Å². The van der Waals surface area contributed by atoms with Crippen LogP contribution in [0, 0.1) is 29.1 Å². The second kappa shape index (κ2) is 25.9. The molecule has 9 aromatic carbocycles. The van der Waals surface area contributed by atoms with E-state index in [-0.39, 0.29) is 85.0 Å². The smallest absolute Gasteiger partial charge is 0.432 e. The third-order valence-corrected chi connectivity index (χ3v) is 12.7. The van der Waals surface area contributed by atoms with Crippen LogP contribution in [0.2, 0.25) is 0 Å². The summed E-state index contributed by atoms with van der Waals surface area (Å²) in [5.74, 6) is -8.91. The lowest BCUT2D eigenvalue weighted by Crippen LogP contribution is -2.25. The molecular weight excluding hydrogens is 1010 g/mol. The molecule has 0 heterocycles. The average Bonchev–Trinajstić information content (AvgIpc) is 3.56. The molecule has 0 atom stereocenters. The number of alkyl halides is 2. The first-order valence-electron chi connectivity index (χ1n) is 25.4. The van der Waals surface area contributed by atoms with Crippen LogP contribution in [-0.4, -0.2) is 33.0 Å². The molecule has 0 fully saturated rings. The number of rotatable bonds is 25. The van der Waals surface area contributed by atoms with Crippen molar-refractivity contribution in [3.63, 3.8) is 0 Å². The van der Waals surface area contributed by atoms with E-state index in [1.807, 2.05) is 152 Å². The van der Waals surface area contributed by atoms with Gasteiger partial charge in [-0.2, -0.15) is 8.78 Å². The molecule has 0 saturated heterocycles. The van der Waals surface area contributed by atoms with Crippen LogP contribution >= 0.6 is 0 Å². The van der Waals surface area contributed by atoms with Gasteiger partial charge in [0.25, 0.3) is 0 Å². The fraction of sp³-hybridized carbons (Fsp3) is 0.169. The van der Waals surface area contributed by atoms with E-state index in [1.54, 1.807) is 24.3 Å². The van der Waals surface area contributed by atoms with Crippen molar-refractivity contribution in [2.75, 3.05) is 33.0 Å². The molecule has 0 aliphatic rings. The first-order chi connectivity index (χ1) is 38.0. The van der Waals surface area contributed by atoms with Gasteiger partial charge in [-0.25, -0.2) is 22.0 Å². The van der Waals surface area contributed by atoms with Crippen molar-refractivity contribution in [3.8, 4) is 56.8 Å². The predicted molar refractivity (Wildman–Crippen MR) is 286 cm³/mol. The largest absolute Gasteiger partial charge is 0.488 e. The molecule has 0 aromatic heterocycles. The number of hydrogen-bond acceptors (Lipinski definition) is 6. The van der Waals surface area contributed by atoms with Crippen molar-refractivity contribution in [2.24, 2.45) is 0 Å². The Hall–Kier alpha value is -8.71. The van der Waals surface area contributed by atoms with Gasteiger partial charge in [0.2, 0.25) is 17.2 Å². The number of halogens is 7. The minimum absolute atomic E-state index is 0.134. The Morgan fingerprint density at radius 2 is 0.603 bits per heavy atom. The van der Waals surface area contributed by atoms with Gasteiger partial charge in [-0.15, -0.1) is 0 Å². The standard InChI is InChI=1S/C65H53F7O6/c66-53-40-51(41-54(67)58(53)65(71,72)78-52-42-55(68)59(70)56(69)43-52)49-26-28-50(29-27-49)57-60(73-35-30-44-16-6-1-7-17-44)62(75-37-32-46-20-10-3-11-21-46)64(77-39-34-48-24-14-5-15-25-48)63(76-38-33-47-22-12-4-13-23-47)61(57)74-36-31-45-18-8-2-9-19-45/h1-29,40-43H,30-39H2. The SMILES string of the molecule is Fc1cc(OC(F)(F)c2c(F)cc(-c3ccc(-c4c(OCCc5ccccc5)c(OCCc5ccccc5)c(OCCc5ccccc5)c(OCCc5ccccc5)c4OCCc4ccccc4)cc3)cc2F)cc(F)c1F. The molecule has 78 heavy (non-hydrogen) atoms. The Morgan fingerprint density at radius 1 is 0.308 bits per heavy atom. The molecule has 9 rings (SSSR count). The fourth-order valence-electron chi connectivity index (χ4n) is 8.79. The number of benzene rings is 9. The topological polar surface area (TPSA) is 55.4 Å². The molecule has 0 N–H and O–H groups in total. The summed E-state index contributed by atoms with van der Waals surface area (Å²) < 4.78 is 143. The highest BCUT2D eigenvalue weighted by Gasteiger charge is 2.42. The molecule has 0 spiro atoms. The highest BCUT2D eigenvalue weighted by atomic mass is 19.3. The van der Waals surface area contributed by atoms with E-state index in [0.717, 1.165) is 27.8 Å². The normalized spacial score (nSPS) is 11.3. The zero-order valence-corrected chi connectivity index (χ0v) is 42.2. The van der Waals surface area contributed by atoms with Crippen LogP contribution in [0.1, 0.15) is 33.4 Å². The van der Waals surface area contributed by atoms with Crippen LogP contribution in [0.5, 0.6) is 34.5 Å². The Bertz CT molecular complexity index is 3210. The molecule has 13 heteroatoms. The Kier molecular flexibility index (Phi) is 18.0. The summed E-state index contributed by atoms with van der Waals surface area (Å²) in [5.41, 5.74) is 4.30. The molecule has 0 unspecified atom stereocenters. The molecule has 0 aliphatic heterocycles. The molecule has 0 bridgehead atoms. The van der Waals surface area contributed by atoms with Gasteiger partial charge < -0.3 is 28.4 Å². The second-order valence-corrected chi connectivity index (χ2v) is 18.2. The zero-order chi connectivity index (χ0) is 54.3. The van der Waals surface area contributed by atoms with Crippen LogP contribution in [-0.2, 0) is 38.2 Å². The summed E-state index contributed by atoms with van der Waals surface area (Å²) in [7, 11) is 0. The summed E-state index contributed by atoms with van der Waals surface area (Å²) >= 11 is 0. The number of ether oxygens (including phenoxy) is 6. The maximum absolute atomic E-state index is 15.8. The summed E-state index contributed by atoms with van der Waals surface area (Å²) in [5, 5.41) is 0. The van der Waals surface area contributed by atoms with Gasteiger partial charge in [-0.3, -0.25) is 0 Å². The maximum atomic E-state index is 15.8. The van der Waals surface area contributed by atoms with Gasteiger partial charge in [-0.1, -0.05) is 176 Å². The molecule has 6 nitrogen and oxygen atoms in total. The van der Waals surface area contributed by atoms with Crippen molar-refractivity contribution >= 4 is 0 Å². The molecule has 0 amide bonds. The van der Waals surface area contributed by atoms with Crippen LogP contribution in [0.15, 0.2) is 200 Å². The van der Waals surface area contributed by atoms with Gasteiger partial charge in [-0.05, 0) is 56.6 Å². The minimum atomic E-state index is -4.78. The van der Waals surface area contributed by atoms with E-state index in [9.17, 15) is 13.2 Å². The molecular formula is C65H53F7O6. The average molecular weight is 1060 g/mol. The van der Waals surface area contributed by atoms with Crippen molar-refractivity contribution in [1.29, 1.82) is 0 Å². The molecule has 0 radical (unpaired) electrons. The van der Waals surface area contributed by atoms with Crippen LogP contribution < -0.4 is 28.4 Å². The minimum Gasteiger partial charge on any atom is -0.488 e. The van der Waals surface area contributed by atoms with Crippen molar-refractivity contribution in [1.82, 2.24) is 0 Å². The first kappa shape index (κ1) is 54.1. The van der Waals surface area contributed by atoms with E-state index >= 15 is 17.6 Å². The Labute approximate surface area is 448 Å². The van der Waals surface area contributed by atoms with E-state index < -0.39 is 46.5 Å². The molecule has 0 aliphatic carbocycles. The Balaban J connectivity index is 1.17. The van der Waals surface area contributed by atoms with Crippen LogP contribution in [0.25, 0.3) is 22.3 Å². The van der Waals surface area contributed by atoms with E-state index in [4.69, 9.17) is 23.7 Å². The van der Waals surface area contributed by atoms with Crippen molar-refractivity contribution < 1.29 is 59.2 Å². The molecule has 0 saturated carbocycles. The lowest BCUT2D eigenvalue weighted by atomic mass is 9.96. The van der Waals surface area contributed by atoms with E-state index in [1.165, 1.54) is 0 Å². The van der Waals surface area contributed by atoms with Crippen molar-refractivity contribution in [2.45, 2.75) is 38.2 Å². The Morgan fingerprint density at radius 3 is 0.936 bits per heavy atom. The quantitative estimate of drug-likeness (QED) is 0.0420. The van der Waals surface area contributed by atoms with Crippen LogP contribution in [0.3, 0.4) is 0 Å². The second-order valence-electron chi connectivity index (χ2n) is 18.2. The first-order valence-corrected chi connectivity index (χ1v) is 25.4. The van der Waals surface area contributed by atoms with Gasteiger partial charge in [0.1, 0.15) is 22.9 Å². The summed E-state index contributed by atoms with van der Waals surface area (Å²) in [6, 6.07) is 57.4. The van der Waals surface area contributed by atoms with Gasteiger partial charge in [0, 0.05) is 44.2 Å². The summed E-state index contributed by atoms with van der Waals surface area (Å²) in [6.07, 6.45) is -2.20. The fourth-order valence-corrected chi connectivity index (χ4v) is 8.79. The maximum Gasteiger partial charge on any atom is 0.432 e. The van der Waals surface area contributed by atoms with Gasteiger partial charge in [0.15, 0.2) is 29.0 Å². The van der Waals surface area contributed by atoms with Gasteiger partial charge in [0.05, 0.1) is 38.6 Å². The van der Waals surface area contributed by atoms with Crippen molar-refractivity contribution in [3.05, 3.63) is 263 Å². The molecule has 9 aromatic rings. The lowest BCUT2D eigenvalue weighted by molar-refractivity contribution is -0.189. The predicted octanol–water partition coefficient (Wildman–Crippen LogP) is 16.0. The monoisotopic (exact) mass is 1060 g/mol. The summed E-state index contributed by atoms with van der Waals surface area (Å²) in [4.78, 5) is 0. The third-order valence-electron chi connectivity index (χ3n) is 12.7. The number of hydrogen-bond donors (Lipinski definition) is 0. The molecule has 398 valence electrons. The highest BCUT2D eigenvalue weighted by Crippen LogP contribution is 2.58. The van der Waals surface area contributed by atoms with Gasteiger partial charge >= 0.3 is 6.11 Å². The zero-order valence-electron chi connectivity index (χ0n) is 42.2. The van der Waals surface area contributed by atoms with E-state index in [2.05, 4.69) is 4.74 Å². The third kappa shape index (κ3) is 13.8. The highest BCUT2D eigenvalue weighted by molar-refractivity contribution is 5.87. The van der Waals surface area contributed by atoms with Crippen LogP contribution in [0.4, 0.5) is 30.7 Å². The summed E-state index contributed by atoms with van der Waals surface area (Å²) in [6.45, 7) is 0.950.